The largest absolute Gasteiger partial charge is 0.311 e. The molecule has 6 rings (SSSR count). The maximum absolute atomic E-state index is 2.31. The van der Waals surface area contributed by atoms with Crippen LogP contribution in [0.4, 0.5) is 17.1 Å². The molecule has 0 amide bonds. The number of hydrogen-bond acceptors (Lipinski definition) is 1. The van der Waals surface area contributed by atoms with E-state index in [0.29, 0.717) is 0 Å². The lowest BCUT2D eigenvalue weighted by Crippen LogP contribution is -2.09. The Bertz CT molecular complexity index is 1700. The van der Waals surface area contributed by atoms with Gasteiger partial charge in [-0.1, -0.05) is 162 Å². The van der Waals surface area contributed by atoms with Crippen LogP contribution in [0.2, 0.25) is 0 Å². The fraction of sp³-hybridized carbons (Fsp3) is 0.0667. The first-order chi connectivity index (χ1) is 22.5. The zero-order chi connectivity index (χ0) is 31.7. The molecule has 0 N–H and O–H groups in total. The van der Waals surface area contributed by atoms with Crippen LogP contribution in [0.25, 0.3) is 36.5 Å². The van der Waals surface area contributed by atoms with Crippen LogP contribution in [0.15, 0.2) is 146 Å². The molecule has 0 fully saturated rings. The third-order valence-electron chi connectivity index (χ3n) is 8.09. The quantitative estimate of drug-likeness (QED) is 0.151. The van der Waals surface area contributed by atoms with Crippen LogP contribution in [-0.2, 0) is 0 Å². The molecule has 1 nitrogen and oxygen atoms in total. The minimum atomic E-state index is 1.11. The van der Waals surface area contributed by atoms with Crippen molar-refractivity contribution in [3.05, 3.63) is 196 Å². The highest BCUT2D eigenvalue weighted by Crippen LogP contribution is 2.35. The number of aryl methyl sites for hydroxylation is 3. The van der Waals surface area contributed by atoms with E-state index in [-0.39, 0.29) is 0 Å². The van der Waals surface area contributed by atoms with Gasteiger partial charge in [0.25, 0.3) is 0 Å². The van der Waals surface area contributed by atoms with Crippen molar-refractivity contribution in [2.45, 2.75) is 20.8 Å². The number of anilines is 3. The van der Waals surface area contributed by atoms with E-state index in [1.165, 1.54) is 33.4 Å². The van der Waals surface area contributed by atoms with E-state index in [2.05, 4.69) is 208 Å². The molecule has 0 aromatic heterocycles. The predicted octanol–water partition coefficient (Wildman–Crippen LogP) is 12.6. The fourth-order valence-corrected chi connectivity index (χ4v) is 5.26. The van der Waals surface area contributed by atoms with Gasteiger partial charge in [0.1, 0.15) is 0 Å². The molecule has 0 unspecified atom stereocenters. The molecular weight excluding hydrogens is 555 g/mol. The Balaban J connectivity index is 1.27. The second kappa shape index (κ2) is 14.4. The molecule has 0 saturated heterocycles. The fourth-order valence-electron chi connectivity index (χ4n) is 5.26. The molecule has 0 radical (unpaired) electrons. The van der Waals surface area contributed by atoms with E-state index in [9.17, 15) is 0 Å². The first-order valence-electron chi connectivity index (χ1n) is 15.8. The molecule has 0 saturated carbocycles. The summed E-state index contributed by atoms with van der Waals surface area (Å²) < 4.78 is 0. The summed E-state index contributed by atoms with van der Waals surface area (Å²) in [5.41, 5.74) is 14.2. The average Bonchev–Trinajstić information content (AvgIpc) is 3.09. The van der Waals surface area contributed by atoms with Crippen LogP contribution in [0.1, 0.15) is 50.1 Å². The van der Waals surface area contributed by atoms with Crippen LogP contribution in [0.3, 0.4) is 0 Å². The van der Waals surface area contributed by atoms with E-state index in [0.717, 1.165) is 33.8 Å². The summed E-state index contributed by atoms with van der Waals surface area (Å²) in [5.74, 6) is 0. The molecular formula is C45H39N. The smallest absolute Gasteiger partial charge is 0.0462 e. The Morgan fingerprint density at radius 1 is 0.261 bits per heavy atom. The normalized spacial score (nSPS) is 11.5. The Kier molecular flexibility index (Phi) is 9.52. The molecule has 0 spiro atoms. The van der Waals surface area contributed by atoms with Gasteiger partial charge in [-0.05, 0) is 90.6 Å². The Morgan fingerprint density at radius 3 is 0.630 bits per heavy atom. The van der Waals surface area contributed by atoms with Gasteiger partial charge in [0.05, 0.1) is 0 Å². The molecule has 224 valence electrons. The van der Waals surface area contributed by atoms with Gasteiger partial charge in [0.2, 0.25) is 0 Å². The number of rotatable bonds is 9. The molecule has 0 aliphatic carbocycles. The minimum absolute atomic E-state index is 1.11. The van der Waals surface area contributed by atoms with E-state index in [4.69, 9.17) is 0 Å². The minimum Gasteiger partial charge on any atom is -0.311 e. The predicted molar refractivity (Wildman–Crippen MR) is 201 cm³/mol. The summed E-state index contributed by atoms with van der Waals surface area (Å²) in [5, 5.41) is 0. The van der Waals surface area contributed by atoms with Crippen molar-refractivity contribution in [2.75, 3.05) is 4.90 Å². The van der Waals surface area contributed by atoms with Gasteiger partial charge in [-0.2, -0.15) is 0 Å². The molecule has 0 atom stereocenters. The number of hydrogen-bond donors (Lipinski definition) is 0. The third-order valence-corrected chi connectivity index (χ3v) is 8.09. The summed E-state index contributed by atoms with van der Waals surface area (Å²) in [7, 11) is 0. The molecule has 6 aromatic carbocycles. The second-order valence-electron chi connectivity index (χ2n) is 11.8. The lowest BCUT2D eigenvalue weighted by atomic mass is 10.1. The molecule has 0 heterocycles. The molecule has 0 bridgehead atoms. The van der Waals surface area contributed by atoms with Gasteiger partial charge in [-0.3, -0.25) is 0 Å². The van der Waals surface area contributed by atoms with Crippen LogP contribution in [0, 0.1) is 20.8 Å². The molecule has 6 aromatic rings. The first kappa shape index (κ1) is 30.4. The Morgan fingerprint density at radius 2 is 0.435 bits per heavy atom. The number of nitrogens with zero attached hydrogens (tertiary/aromatic N) is 1. The van der Waals surface area contributed by atoms with E-state index in [1.807, 2.05) is 0 Å². The van der Waals surface area contributed by atoms with Crippen molar-refractivity contribution in [1.82, 2.24) is 0 Å². The van der Waals surface area contributed by atoms with Gasteiger partial charge in [0.15, 0.2) is 0 Å². The first-order valence-corrected chi connectivity index (χ1v) is 15.8. The van der Waals surface area contributed by atoms with E-state index < -0.39 is 0 Å². The van der Waals surface area contributed by atoms with Crippen LogP contribution in [0.5, 0.6) is 0 Å². The lowest BCUT2D eigenvalue weighted by molar-refractivity contribution is 1.28. The number of benzene rings is 6. The zero-order valence-electron chi connectivity index (χ0n) is 26.8. The highest BCUT2D eigenvalue weighted by atomic mass is 15.1. The average molecular weight is 594 g/mol. The maximum atomic E-state index is 2.31. The van der Waals surface area contributed by atoms with Crippen molar-refractivity contribution in [1.29, 1.82) is 0 Å². The summed E-state index contributed by atoms with van der Waals surface area (Å²) in [6.45, 7) is 6.34. The summed E-state index contributed by atoms with van der Waals surface area (Å²) in [6, 6.07) is 52.1. The van der Waals surface area contributed by atoms with Gasteiger partial charge >= 0.3 is 0 Å². The van der Waals surface area contributed by atoms with Crippen molar-refractivity contribution in [3.63, 3.8) is 0 Å². The summed E-state index contributed by atoms with van der Waals surface area (Å²) in [4.78, 5) is 2.31. The van der Waals surface area contributed by atoms with Crippen LogP contribution < -0.4 is 4.90 Å². The highest BCUT2D eigenvalue weighted by molar-refractivity contribution is 5.80. The topological polar surface area (TPSA) is 3.24 Å². The lowest BCUT2D eigenvalue weighted by Gasteiger charge is -2.26. The Hall–Kier alpha value is -5.66. The van der Waals surface area contributed by atoms with Gasteiger partial charge in [0, 0.05) is 17.1 Å². The maximum Gasteiger partial charge on any atom is 0.0462 e. The van der Waals surface area contributed by atoms with Crippen LogP contribution in [-0.4, -0.2) is 0 Å². The van der Waals surface area contributed by atoms with Crippen molar-refractivity contribution in [2.24, 2.45) is 0 Å². The van der Waals surface area contributed by atoms with Crippen LogP contribution >= 0.6 is 0 Å². The summed E-state index contributed by atoms with van der Waals surface area (Å²) >= 11 is 0. The van der Waals surface area contributed by atoms with Gasteiger partial charge in [-0.15, -0.1) is 0 Å². The highest BCUT2D eigenvalue weighted by Gasteiger charge is 2.12. The van der Waals surface area contributed by atoms with Gasteiger partial charge in [-0.25, -0.2) is 0 Å². The van der Waals surface area contributed by atoms with Crippen molar-refractivity contribution < 1.29 is 0 Å². The molecule has 0 aliphatic heterocycles. The summed E-state index contributed by atoms with van der Waals surface area (Å²) in [6.07, 6.45) is 13.0. The molecule has 1 heteroatoms. The standard InChI is InChI=1S/C45H39N/c1-34-4-10-37(11-5-34)16-19-40-22-28-43(29-23-40)46(44-30-24-41(25-31-44)20-17-38-12-6-35(2)7-13-38)45-32-26-42(27-33-45)21-18-39-14-8-36(3)9-15-39/h4-33H,1-3H3/b19-16+,20-17+,21-18+. The zero-order valence-corrected chi connectivity index (χ0v) is 26.8. The molecule has 0 aliphatic rings. The monoisotopic (exact) mass is 593 g/mol. The molecule has 46 heavy (non-hydrogen) atoms. The van der Waals surface area contributed by atoms with E-state index >= 15 is 0 Å². The third kappa shape index (κ3) is 8.08. The van der Waals surface area contributed by atoms with Crippen molar-refractivity contribution in [3.8, 4) is 0 Å². The van der Waals surface area contributed by atoms with E-state index in [1.54, 1.807) is 0 Å². The Labute approximate surface area is 274 Å². The second-order valence-corrected chi connectivity index (χ2v) is 11.8. The van der Waals surface area contributed by atoms with Crippen molar-refractivity contribution >= 4 is 53.5 Å². The SMILES string of the molecule is Cc1ccc(/C=C/c2ccc(N(c3ccc(/C=C/c4ccc(C)cc4)cc3)c3ccc(/C=C/c4ccc(C)cc4)cc3)cc2)cc1. The van der Waals surface area contributed by atoms with Gasteiger partial charge < -0.3 is 4.90 Å².